The van der Waals surface area contributed by atoms with Crippen molar-refractivity contribution < 1.29 is 32.3 Å². The molecule has 4 rings (SSSR count). The maximum Gasteiger partial charge on any atom is 0.415 e. The summed E-state index contributed by atoms with van der Waals surface area (Å²) in [6.45, 7) is 5.42. The number of carbonyl (C=O) groups is 2. The van der Waals surface area contributed by atoms with E-state index in [1.54, 1.807) is 24.0 Å². The summed E-state index contributed by atoms with van der Waals surface area (Å²) in [6, 6.07) is 5.71. The lowest BCUT2D eigenvalue weighted by Gasteiger charge is -2.43. The number of β-amino-alcohol motifs (C(OH)–C–C–N with tert-alkyl or cyclic N) is 1. The van der Waals surface area contributed by atoms with Crippen LogP contribution in [-0.4, -0.2) is 89.3 Å². The number of alkyl halides is 3. The van der Waals surface area contributed by atoms with Crippen LogP contribution in [0.4, 0.5) is 27.5 Å². The Morgan fingerprint density at radius 1 is 1.15 bits per heavy atom. The van der Waals surface area contributed by atoms with Gasteiger partial charge in [-0.25, -0.2) is 14.2 Å². The summed E-state index contributed by atoms with van der Waals surface area (Å²) >= 11 is 1.09. The predicted octanol–water partition coefficient (Wildman–Crippen LogP) is 4.48. The highest BCUT2D eigenvalue weighted by atomic mass is 32.1. The minimum absolute atomic E-state index is 0.138. The number of aryl methyl sites for hydroxylation is 1. The van der Waals surface area contributed by atoms with Crippen molar-refractivity contribution in [3.63, 3.8) is 0 Å². The number of anilines is 1. The Morgan fingerprint density at radius 3 is 2.54 bits per heavy atom. The number of nitrogens with one attached hydrogen (secondary N) is 2. The van der Waals surface area contributed by atoms with E-state index in [0.717, 1.165) is 49.3 Å². The molecule has 2 saturated heterocycles. The van der Waals surface area contributed by atoms with E-state index in [1.807, 2.05) is 0 Å². The number of Topliss-reactive ketones (excluding diaryl/α,β-unsaturated/α-hetero) is 1. The molecular formula is C28H37F4N5O3S. The number of amides is 2. The number of hydrogen-bond donors (Lipinski definition) is 3. The van der Waals surface area contributed by atoms with Gasteiger partial charge in [0.25, 0.3) is 0 Å². The maximum atomic E-state index is 13.3. The summed E-state index contributed by atoms with van der Waals surface area (Å²) in [5.74, 6) is -0.228. The van der Waals surface area contributed by atoms with E-state index in [2.05, 4.69) is 20.5 Å². The summed E-state index contributed by atoms with van der Waals surface area (Å²) in [5.41, 5.74) is 1.59. The number of nitrogens with zero attached hydrogens (tertiary/aromatic N) is 3. The Bertz CT molecular complexity index is 1190. The number of rotatable bonds is 9. The molecule has 1 aromatic carbocycles. The highest BCUT2D eigenvalue weighted by Crippen LogP contribution is 2.28. The normalized spacial score (nSPS) is 23.2. The fraction of sp³-hybridized carbons (Fsp3) is 0.607. The second-order valence-corrected chi connectivity index (χ2v) is 12.2. The molecule has 226 valence electrons. The third-order valence-corrected chi connectivity index (χ3v) is 8.99. The van der Waals surface area contributed by atoms with Crippen LogP contribution in [0.25, 0.3) is 0 Å². The largest absolute Gasteiger partial charge is 0.415 e. The van der Waals surface area contributed by atoms with Gasteiger partial charge in [0.05, 0.1) is 10.6 Å². The number of aliphatic hydroxyl groups excluding tert-OH is 1. The molecule has 2 amide bonds. The summed E-state index contributed by atoms with van der Waals surface area (Å²) in [5, 5.41) is 15.6. The molecule has 8 nitrogen and oxygen atoms in total. The van der Waals surface area contributed by atoms with Gasteiger partial charge in [-0.2, -0.15) is 13.2 Å². The fourth-order valence-corrected chi connectivity index (χ4v) is 6.70. The van der Waals surface area contributed by atoms with Gasteiger partial charge in [0.1, 0.15) is 5.82 Å². The van der Waals surface area contributed by atoms with E-state index in [4.69, 9.17) is 0 Å². The highest BCUT2D eigenvalue weighted by Gasteiger charge is 2.41. The molecule has 13 heteroatoms. The fourth-order valence-electron chi connectivity index (χ4n) is 5.84. The summed E-state index contributed by atoms with van der Waals surface area (Å²) in [6.07, 6.45) is -3.90. The SMILES string of the molecule is CC(=O)c1sc(NC(=O)N[C@@H]2CCN(CC(O)C(F)(F)F)C[C@H]2CN2CCCC(Cc3ccc(F)cc3)C2)nc1C. The average Bonchev–Trinajstić information content (AvgIpc) is 3.26. The Hall–Kier alpha value is -2.61. The van der Waals surface area contributed by atoms with Crippen LogP contribution in [0.2, 0.25) is 0 Å². The number of piperidine rings is 2. The zero-order valence-corrected chi connectivity index (χ0v) is 24.0. The monoisotopic (exact) mass is 599 g/mol. The lowest BCUT2D eigenvalue weighted by atomic mass is 9.88. The van der Waals surface area contributed by atoms with Crippen LogP contribution in [0, 0.1) is 24.6 Å². The Labute approximate surface area is 241 Å². The molecule has 3 N–H and O–H groups in total. The number of thiazole rings is 1. The molecule has 3 heterocycles. The highest BCUT2D eigenvalue weighted by molar-refractivity contribution is 7.17. The Balaban J connectivity index is 1.41. The van der Waals surface area contributed by atoms with E-state index in [-0.39, 0.29) is 23.6 Å². The van der Waals surface area contributed by atoms with Gasteiger partial charge >= 0.3 is 12.2 Å². The standard InChI is InChI=1S/C28H37F4N5O3S/c1-17-25(18(2)38)41-27(33-17)35-26(40)34-23-9-11-37(16-24(39)28(30,31)32)15-21(23)14-36-10-3-4-20(13-36)12-19-5-7-22(29)8-6-19/h5-8,20-21,23-24,39H,3-4,9-16H2,1-2H3,(H2,33,34,35,40)/t20?,21-,23-,24?/m1/s1. The molecule has 0 spiro atoms. The van der Waals surface area contributed by atoms with E-state index in [9.17, 15) is 32.3 Å². The van der Waals surface area contributed by atoms with Crippen molar-refractivity contribution in [3.8, 4) is 0 Å². The summed E-state index contributed by atoms with van der Waals surface area (Å²) < 4.78 is 52.5. The van der Waals surface area contributed by atoms with Gasteiger partial charge in [-0.1, -0.05) is 23.5 Å². The molecule has 2 unspecified atom stereocenters. The van der Waals surface area contributed by atoms with Crippen LogP contribution in [0.5, 0.6) is 0 Å². The van der Waals surface area contributed by atoms with Gasteiger partial charge in [0.2, 0.25) is 0 Å². The molecule has 0 radical (unpaired) electrons. The number of ketones is 1. The van der Waals surface area contributed by atoms with Gasteiger partial charge in [0.15, 0.2) is 17.0 Å². The molecule has 2 fully saturated rings. The van der Waals surface area contributed by atoms with Crippen molar-refractivity contribution in [1.29, 1.82) is 0 Å². The average molecular weight is 600 g/mol. The van der Waals surface area contributed by atoms with Gasteiger partial charge in [-0.3, -0.25) is 15.0 Å². The lowest BCUT2D eigenvalue weighted by Crippen LogP contribution is -2.57. The second kappa shape index (κ2) is 13.6. The van der Waals surface area contributed by atoms with Crippen molar-refractivity contribution in [2.24, 2.45) is 11.8 Å². The van der Waals surface area contributed by atoms with Gasteiger partial charge in [-0.15, -0.1) is 0 Å². The van der Waals surface area contributed by atoms with Gasteiger partial charge in [-0.05, 0) is 62.8 Å². The number of aliphatic hydroxyl groups is 1. The Morgan fingerprint density at radius 2 is 1.88 bits per heavy atom. The maximum absolute atomic E-state index is 13.3. The zero-order chi connectivity index (χ0) is 29.7. The first-order valence-corrected chi connectivity index (χ1v) is 14.7. The number of likely N-dealkylation sites (tertiary alicyclic amines) is 2. The van der Waals surface area contributed by atoms with Crippen LogP contribution < -0.4 is 10.6 Å². The smallest absolute Gasteiger partial charge is 0.382 e. The molecule has 41 heavy (non-hydrogen) atoms. The minimum atomic E-state index is -4.70. The van der Waals surface area contributed by atoms with Crippen molar-refractivity contribution in [2.45, 2.75) is 57.9 Å². The topological polar surface area (TPSA) is 97.8 Å². The number of hydrogen-bond acceptors (Lipinski definition) is 7. The first-order valence-electron chi connectivity index (χ1n) is 13.9. The summed E-state index contributed by atoms with van der Waals surface area (Å²) in [4.78, 5) is 33.3. The quantitative estimate of drug-likeness (QED) is 0.291. The number of aromatic nitrogens is 1. The lowest BCUT2D eigenvalue weighted by molar-refractivity contribution is -0.209. The van der Waals surface area contributed by atoms with Crippen LogP contribution in [0.3, 0.4) is 0 Å². The number of halogens is 4. The van der Waals surface area contributed by atoms with Crippen molar-refractivity contribution >= 4 is 28.3 Å². The molecule has 0 saturated carbocycles. The number of benzene rings is 1. The molecule has 0 aliphatic carbocycles. The molecule has 1 aromatic heterocycles. The molecule has 2 aliphatic rings. The van der Waals surface area contributed by atoms with E-state index >= 15 is 0 Å². The number of urea groups is 1. The molecule has 4 atom stereocenters. The zero-order valence-electron chi connectivity index (χ0n) is 23.2. The number of carbonyl (C=O) groups excluding carboxylic acids is 2. The van der Waals surface area contributed by atoms with Gasteiger partial charge < -0.3 is 15.3 Å². The third-order valence-electron chi connectivity index (χ3n) is 7.81. The van der Waals surface area contributed by atoms with Crippen molar-refractivity contribution in [1.82, 2.24) is 20.1 Å². The van der Waals surface area contributed by atoms with Crippen LogP contribution in [-0.2, 0) is 6.42 Å². The summed E-state index contributed by atoms with van der Waals surface area (Å²) in [7, 11) is 0. The van der Waals surface area contributed by atoms with Gasteiger partial charge in [0, 0.05) is 51.6 Å². The van der Waals surface area contributed by atoms with Crippen molar-refractivity contribution in [2.75, 3.05) is 44.6 Å². The van der Waals surface area contributed by atoms with Crippen LogP contribution in [0.1, 0.15) is 47.1 Å². The molecule has 2 aromatic rings. The molecule has 2 aliphatic heterocycles. The molecular weight excluding hydrogens is 562 g/mol. The first-order chi connectivity index (χ1) is 19.4. The van der Waals surface area contributed by atoms with E-state index in [0.29, 0.717) is 47.7 Å². The molecule has 0 bridgehead atoms. The van der Waals surface area contributed by atoms with Crippen LogP contribution in [0.15, 0.2) is 24.3 Å². The minimum Gasteiger partial charge on any atom is -0.382 e. The third kappa shape index (κ3) is 8.94. The van der Waals surface area contributed by atoms with Crippen LogP contribution >= 0.6 is 11.3 Å². The van der Waals surface area contributed by atoms with E-state index in [1.165, 1.54) is 19.1 Å². The first kappa shape index (κ1) is 31.3. The second-order valence-electron chi connectivity index (χ2n) is 11.2. The van der Waals surface area contributed by atoms with Crippen molar-refractivity contribution in [3.05, 3.63) is 46.2 Å². The Kier molecular flexibility index (Phi) is 10.4. The predicted molar refractivity (Wildman–Crippen MR) is 149 cm³/mol. The van der Waals surface area contributed by atoms with E-state index < -0.39 is 24.9 Å².